The van der Waals surface area contributed by atoms with Crippen molar-refractivity contribution >= 4 is 34.4 Å². The van der Waals surface area contributed by atoms with Gasteiger partial charge >= 0.3 is 5.97 Å². The summed E-state index contributed by atoms with van der Waals surface area (Å²) in [6.45, 7) is 2.50. The molecule has 0 spiro atoms. The molecule has 1 N–H and O–H groups in total. The summed E-state index contributed by atoms with van der Waals surface area (Å²) >= 11 is 6.00. The second kappa shape index (κ2) is 12.1. The van der Waals surface area contributed by atoms with Crippen molar-refractivity contribution in [3.05, 3.63) is 125 Å². The molecule has 0 aliphatic rings. The van der Waals surface area contributed by atoms with Gasteiger partial charge in [-0.05, 0) is 65.6 Å². The fourth-order valence-electron chi connectivity index (χ4n) is 4.34. The first-order chi connectivity index (χ1) is 19.4. The van der Waals surface area contributed by atoms with Crippen molar-refractivity contribution < 1.29 is 23.5 Å². The zero-order valence-electron chi connectivity index (χ0n) is 22.1. The number of furan rings is 1. The molecule has 0 bridgehead atoms. The van der Waals surface area contributed by atoms with Crippen LogP contribution in [0.15, 0.2) is 101 Å². The summed E-state index contributed by atoms with van der Waals surface area (Å²) in [4.78, 5) is 25.6. The van der Waals surface area contributed by atoms with Crippen molar-refractivity contribution in [2.24, 2.45) is 0 Å². The Morgan fingerprint density at radius 3 is 2.23 bits per heavy atom. The number of esters is 1. The number of rotatable bonds is 9. The fraction of sp³-hybridized carbons (Fsp3) is 0.152. The average molecular weight is 554 g/mol. The number of carbonyl (C=O) groups excluding carboxylic acids is 2. The number of hydrogen-bond acceptors (Lipinski definition) is 5. The zero-order chi connectivity index (χ0) is 28.1. The molecule has 0 unspecified atom stereocenters. The Hall–Kier alpha value is -4.55. The van der Waals surface area contributed by atoms with Gasteiger partial charge in [-0.3, -0.25) is 4.79 Å². The maximum Gasteiger partial charge on any atom is 0.328 e. The lowest BCUT2D eigenvalue weighted by molar-refractivity contribution is -0.142. The third-order valence-electron chi connectivity index (χ3n) is 6.60. The van der Waals surface area contributed by atoms with Gasteiger partial charge in [-0.15, -0.1) is 0 Å². The van der Waals surface area contributed by atoms with Gasteiger partial charge in [-0.1, -0.05) is 77.8 Å². The van der Waals surface area contributed by atoms with Crippen LogP contribution in [0.2, 0.25) is 5.02 Å². The summed E-state index contributed by atoms with van der Waals surface area (Å²) in [5, 5.41) is 4.19. The van der Waals surface area contributed by atoms with Gasteiger partial charge in [0.2, 0.25) is 0 Å². The van der Waals surface area contributed by atoms with E-state index in [1.54, 1.807) is 6.07 Å². The van der Waals surface area contributed by atoms with Gasteiger partial charge in [0.15, 0.2) is 5.76 Å². The molecule has 202 valence electrons. The first-order valence-corrected chi connectivity index (χ1v) is 13.2. The Kier molecular flexibility index (Phi) is 8.18. The molecule has 7 heteroatoms. The lowest BCUT2D eigenvalue weighted by Crippen LogP contribution is -2.42. The Morgan fingerprint density at radius 1 is 0.850 bits per heavy atom. The van der Waals surface area contributed by atoms with E-state index in [9.17, 15) is 9.59 Å². The highest BCUT2D eigenvalue weighted by Crippen LogP contribution is 2.28. The van der Waals surface area contributed by atoms with Crippen LogP contribution < -0.4 is 10.1 Å². The number of ether oxygens (including phenoxy) is 2. The molecular formula is C33H28ClNO5. The van der Waals surface area contributed by atoms with Gasteiger partial charge in [0, 0.05) is 16.8 Å². The summed E-state index contributed by atoms with van der Waals surface area (Å²) < 4.78 is 16.7. The van der Waals surface area contributed by atoms with E-state index in [-0.39, 0.29) is 12.2 Å². The van der Waals surface area contributed by atoms with Crippen molar-refractivity contribution in [2.45, 2.75) is 26.0 Å². The first-order valence-electron chi connectivity index (χ1n) is 12.8. The molecule has 0 aliphatic heterocycles. The highest BCUT2D eigenvalue weighted by molar-refractivity contribution is 6.30. The highest BCUT2D eigenvalue weighted by atomic mass is 35.5. The highest BCUT2D eigenvalue weighted by Gasteiger charge is 2.24. The minimum absolute atomic E-state index is 0.108. The van der Waals surface area contributed by atoms with E-state index in [1.807, 2.05) is 97.9 Å². The molecule has 0 aliphatic carbocycles. The van der Waals surface area contributed by atoms with Crippen molar-refractivity contribution in [3.8, 4) is 16.9 Å². The van der Waals surface area contributed by atoms with Crippen molar-refractivity contribution in [3.63, 3.8) is 0 Å². The van der Waals surface area contributed by atoms with Crippen molar-refractivity contribution in [1.82, 2.24) is 5.32 Å². The third kappa shape index (κ3) is 6.53. The van der Waals surface area contributed by atoms with E-state index >= 15 is 0 Å². The molecule has 40 heavy (non-hydrogen) atoms. The van der Waals surface area contributed by atoms with Crippen LogP contribution in [0, 0.1) is 6.92 Å². The van der Waals surface area contributed by atoms with Crippen LogP contribution in [0.5, 0.6) is 5.75 Å². The SMILES string of the molecule is COC(=O)[C@H](Cc1ccc(OCc2ccc(C)cc2)cc1)NC(=O)c1cc2ccc(-c3ccc(Cl)cc3)cc2o1. The predicted octanol–water partition coefficient (Wildman–Crippen LogP) is 7.15. The number of fused-ring (bicyclic) bond motifs is 1. The summed E-state index contributed by atoms with van der Waals surface area (Å²) in [6, 6.07) is 29.5. The number of nitrogens with one attached hydrogen (secondary N) is 1. The number of carbonyl (C=O) groups is 2. The monoisotopic (exact) mass is 553 g/mol. The van der Waals surface area contributed by atoms with Gasteiger partial charge in [-0.2, -0.15) is 0 Å². The smallest absolute Gasteiger partial charge is 0.328 e. The Morgan fingerprint density at radius 2 is 1.52 bits per heavy atom. The van der Waals surface area contributed by atoms with Gasteiger partial charge in [0.05, 0.1) is 7.11 Å². The maximum atomic E-state index is 13.1. The molecule has 1 amide bonds. The summed E-state index contributed by atoms with van der Waals surface area (Å²) in [6.07, 6.45) is 0.248. The van der Waals surface area contributed by atoms with Gasteiger partial charge < -0.3 is 19.2 Å². The molecule has 0 saturated heterocycles. The van der Waals surface area contributed by atoms with E-state index in [2.05, 4.69) is 5.32 Å². The second-order valence-electron chi connectivity index (χ2n) is 9.54. The molecule has 1 aromatic heterocycles. The molecule has 5 aromatic rings. The standard InChI is InChI=1S/C33H28ClNO5/c1-21-3-5-23(6-4-21)20-39-28-15-7-22(8-16-28)17-29(33(37)38-2)35-32(36)31-19-26-10-9-25(18-30(26)40-31)24-11-13-27(34)14-12-24/h3-16,18-19,29H,17,20H2,1-2H3,(H,35,36)/t29-/m0/s1. The van der Waals surface area contributed by atoms with Crippen LogP contribution in [0.3, 0.4) is 0 Å². The van der Waals surface area contributed by atoms with Crippen LogP contribution >= 0.6 is 11.6 Å². The second-order valence-corrected chi connectivity index (χ2v) is 9.98. The molecule has 4 aromatic carbocycles. The van der Waals surface area contributed by atoms with E-state index in [0.717, 1.165) is 27.6 Å². The molecule has 5 rings (SSSR count). The molecule has 1 heterocycles. The van der Waals surface area contributed by atoms with Crippen LogP contribution in [-0.2, 0) is 22.6 Å². The van der Waals surface area contributed by atoms with Gasteiger partial charge in [-0.25, -0.2) is 4.79 Å². The number of hydrogen-bond donors (Lipinski definition) is 1. The van der Waals surface area contributed by atoms with Gasteiger partial charge in [0.25, 0.3) is 5.91 Å². The number of aryl methyl sites for hydroxylation is 1. The van der Waals surface area contributed by atoms with Crippen LogP contribution in [0.25, 0.3) is 22.1 Å². The van der Waals surface area contributed by atoms with Crippen LogP contribution in [0.1, 0.15) is 27.2 Å². The normalized spacial score (nSPS) is 11.7. The van der Waals surface area contributed by atoms with Crippen LogP contribution in [-0.4, -0.2) is 25.0 Å². The summed E-state index contributed by atoms with van der Waals surface area (Å²) in [5.74, 6) is -0.230. The first kappa shape index (κ1) is 27.0. The number of halogens is 1. The Balaban J connectivity index is 1.25. The summed E-state index contributed by atoms with van der Waals surface area (Å²) in [5.41, 5.74) is 5.60. The number of methoxy groups -OCH3 is 1. The van der Waals surface area contributed by atoms with E-state index in [1.165, 1.54) is 12.7 Å². The molecule has 6 nitrogen and oxygen atoms in total. The van der Waals surface area contributed by atoms with Crippen molar-refractivity contribution in [1.29, 1.82) is 0 Å². The van der Waals surface area contributed by atoms with Crippen molar-refractivity contribution in [2.75, 3.05) is 7.11 Å². The number of benzene rings is 4. The largest absolute Gasteiger partial charge is 0.489 e. The van der Waals surface area contributed by atoms with E-state index in [0.29, 0.717) is 23.0 Å². The topological polar surface area (TPSA) is 77.8 Å². The lowest BCUT2D eigenvalue weighted by atomic mass is 10.0. The molecular weight excluding hydrogens is 526 g/mol. The number of amides is 1. The summed E-state index contributed by atoms with van der Waals surface area (Å²) in [7, 11) is 1.29. The Labute approximate surface area is 237 Å². The average Bonchev–Trinajstić information content (AvgIpc) is 3.41. The van der Waals surface area contributed by atoms with E-state index < -0.39 is 17.9 Å². The quantitative estimate of drug-likeness (QED) is 0.196. The lowest BCUT2D eigenvalue weighted by Gasteiger charge is -2.16. The molecule has 0 fully saturated rings. The molecule has 0 saturated carbocycles. The van der Waals surface area contributed by atoms with E-state index in [4.69, 9.17) is 25.5 Å². The fourth-order valence-corrected chi connectivity index (χ4v) is 4.46. The third-order valence-corrected chi connectivity index (χ3v) is 6.85. The maximum absolute atomic E-state index is 13.1. The van der Waals surface area contributed by atoms with Gasteiger partial charge in [0.1, 0.15) is 24.0 Å². The molecule has 1 atom stereocenters. The predicted molar refractivity (Wildman–Crippen MR) is 156 cm³/mol. The Bertz CT molecular complexity index is 1620. The van der Waals surface area contributed by atoms with Crippen LogP contribution in [0.4, 0.5) is 0 Å². The minimum atomic E-state index is -0.894. The minimum Gasteiger partial charge on any atom is -0.489 e. The molecule has 0 radical (unpaired) electrons. The zero-order valence-corrected chi connectivity index (χ0v) is 22.9.